The largest absolute Gasteiger partial charge is 0.413 e. The summed E-state index contributed by atoms with van der Waals surface area (Å²) >= 11 is 0. The number of rotatable bonds is 10. The number of fused-ring (bicyclic) bond motifs is 3. The van der Waals surface area contributed by atoms with E-state index in [1.165, 1.54) is 6.26 Å². The third-order valence-electron chi connectivity index (χ3n) is 9.61. The predicted molar refractivity (Wildman–Crippen MR) is 178 cm³/mol. The van der Waals surface area contributed by atoms with Gasteiger partial charge in [-0.2, -0.15) is 4.31 Å². The molecule has 3 amide bonds. The molecular weight excluding hydrogens is 610 g/mol. The Morgan fingerprint density at radius 2 is 1.63 bits per heavy atom. The molecule has 3 aliphatic heterocycles. The Morgan fingerprint density at radius 1 is 1.00 bits per heavy atom. The fourth-order valence-corrected chi connectivity index (χ4v) is 8.09. The molecule has 2 bridgehead atoms. The molecule has 3 atom stereocenters. The van der Waals surface area contributed by atoms with Crippen LogP contribution < -0.4 is 15.6 Å². The lowest BCUT2D eigenvalue weighted by molar-refractivity contribution is 0.103. The van der Waals surface area contributed by atoms with Gasteiger partial charge in [-0.25, -0.2) is 18.0 Å². The van der Waals surface area contributed by atoms with Crippen LogP contribution >= 0.6 is 0 Å². The number of hydrogen-bond acceptors (Lipinski definition) is 8. The van der Waals surface area contributed by atoms with Gasteiger partial charge in [0.25, 0.3) is 5.56 Å². The van der Waals surface area contributed by atoms with Crippen LogP contribution in [0.4, 0.5) is 9.59 Å². The number of hydrogen-bond donors (Lipinski definition) is 1. The minimum atomic E-state index is -3.39. The molecule has 0 radical (unpaired) electrons. The first-order chi connectivity index (χ1) is 21.8. The Balaban J connectivity index is 1.12. The van der Waals surface area contributed by atoms with Crippen molar-refractivity contribution in [2.24, 2.45) is 0 Å². The van der Waals surface area contributed by atoms with Crippen LogP contribution in [0.2, 0.25) is 0 Å². The first-order valence-corrected chi connectivity index (χ1v) is 18.2. The monoisotopic (exact) mass is 659 g/mol. The summed E-state index contributed by atoms with van der Waals surface area (Å²) in [6, 6.07) is 9.48. The Bertz CT molecular complexity index is 1560. The molecule has 1 N–H and O–H groups in total. The Morgan fingerprint density at radius 3 is 2.24 bits per heavy atom. The van der Waals surface area contributed by atoms with E-state index < -0.39 is 16.1 Å². The van der Waals surface area contributed by atoms with E-state index in [9.17, 15) is 22.8 Å². The van der Waals surface area contributed by atoms with E-state index in [0.717, 1.165) is 49.7 Å². The highest BCUT2D eigenvalue weighted by atomic mass is 32.2. The number of carbonyl (C=O) groups is 2. The summed E-state index contributed by atoms with van der Waals surface area (Å²) in [5, 5.41) is 3.83. The van der Waals surface area contributed by atoms with Crippen LogP contribution in [0, 0.1) is 0 Å². The molecule has 4 heterocycles. The van der Waals surface area contributed by atoms with Gasteiger partial charge >= 0.3 is 12.1 Å². The molecule has 2 aromatic rings. The second-order valence-electron chi connectivity index (χ2n) is 13.3. The molecule has 0 unspecified atom stereocenters. The SMILES string of the molecule is CC(C)n1c(=O)c(OC(=O)N[C@@H]2C[C@H]3CC[C@@H](C2)N3CCN(CCN2CCN(C(=O)N(C)C)CC2)S(C)(=O)=O)cc2ccccc21. The van der Waals surface area contributed by atoms with Crippen molar-refractivity contribution in [3.05, 3.63) is 40.7 Å². The molecule has 0 spiro atoms. The summed E-state index contributed by atoms with van der Waals surface area (Å²) in [6.07, 6.45) is 4.12. The number of amides is 3. The summed E-state index contributed by atoms with van der Waals surface area (Å²) in [5.41, 5.74) is 0.459. The van der Waals surface area contributed by atoms with Crippen LogP contribution in [-0.4, -0.2) is 140 Å². The number of nitrogens with zero attached hydrogens (tertiary/aromatic N) is 6. The minimum Gasteiger partial charge on any atom is -0.404 e. The lowest BCUT2D eigenvalue weighted by Gasteiger charge is -2.40. The van der Waals surface area contributed by atoms with Crippen LogP contribution in [0.15, 0.2) is 35.1 Å². The van der Waals surface area contributed by atoms with E-state index in [-0.39, 0.29) is 41.5 Å². The van der Waals surface area contributed by atoms with Crippen LogP contribution in [0.3, 0.4) is 0 Å². The van der Waals surface area contributed by atoms with Crippen LogP contribution in [0.5, 0.6) is 5.75 Å². The zero-order chi connectivity index (χ0) is 33.2. The first-order valence-electron chi connectivity index (χ1n) is 16.3. The maximum atomic E-state index is 13.2. The molecule has 46 heavy (non-hydrogen) atoms. The lowest BCUT2D eigenvalue weighted by atomic mass is 9.97. The van der Waals surface area contributed by atoms with Gasteiger partial charge in [0.05, 0.1) is 11.8 Å². The van der Waals surface area contributed by atoms with Crippen molar-refractivity contribution in [2.45, 2.75) is 63.7 Å². The number of piperidine rings is 1. The number of aromatic nitrogens is 1. The Hall–Kier alpha value is -3.20. The number of para-hydroxylation sites is 1. The summed E-state index contributed by atoms with van der Waals surface area (Å²) in [7, 11) is 0.103. The maximum absolute atomic E-state index is 13.2. The molecule has 0 saturated carbocycles. The van der Waals surface area contributed by atoms with E-state index in [1.54, 1.807) is 33.9 Å². The van der Waals surface area contributed by atoms with Crippen molar-refractivity contribution in [3.8, 4) is 5.75 Å². The molecule has 14 heteroatoms. The molecule has 5 rings (SSSR count). The van der Waals surface area contributed by atoms with Crippen LogP contribution in [0.25, 0.3) is 10.9 Å². The van der Waals surface area contributed by atoms with Gasteiger partial charge in [0.15, 0.2) is 5.75 Å². The van der Waals surface area contributed by atoms with Crippen molar-refractivity contribution in [3.63, 3.8) is 0 Å². The number of nitrogens with one attached hydrogen (secondary N) is 1. The highest BCUT2D eigenvalue weighted by Gasteiger charge is 2.41. The average molecular weight is 660 g/mol. The quantitative estimate of drug-likeness (QED) is 0.412. The van der Waals surface area contributed by atoms with Gasteiger partial charge in [0.2, 0.25) is 10.0 Å². The van der Waals surface area contributed by atoms with Gasteiger partial charge in [-0.05, 0) is 51.7 Å². The minimum absolute atomic E-state index is 0.00348. The second kappa shape index (κ2) is 14.3. The zero-order valence-electron chi connectivity index (χ0n) is 27.7. The van der Waals surface area contributed by atoms with E-state index in [0.29, 0.717) is 39.3 Å². The van der Waals surface area contributed by atoms with Gasteiger partial charge in [-0.15, -0.1) is 0 Å². The molecule has 13 nitrogen and oxygen atoms in total. The van der Waals surface area contributed by atoms with E-state index in [2.05, 4.69) is 15.1 Å². The van der Waals surface area contributed by atoms with E-state index >= 15 is 0 Å². The van der Waals surface area contributed by atoms with Crippen LogP contribution in [-0.2, 0) is 10.0 Å². The first kappa shape index (κ1) is 34.1. The smallest absolute Gasteiger partial charge is 0.404 e. The number of carbonyl (C=O) groups excluding carboxylic acids is 2. The maximum Gasteiger partial charge on any atom is 0.413 e. The van der Waals surface area contributed by atoms with Crippen molar-refractivity contribution < 1.29 is 22.7 Å². The summed E-state index contributed by atoms with van der Waals surface area (Å²) in [5.74, 6) is 0.00936. The summed E-state index contributed by atoms with van der Waals surface area (Å²) < 4.78 is 34.2. The van der Waals surface area contributed by atoms with Crippen molar-refractivity contribution in [1.82, 2.24) is 33.8 Å². The number of ether oxygens (including phenoxy) is 1. The van der Waals surface area contributed by atoms with Crippen molar-refractivity contribution >= 4 is 33.1 Å². The average Bonchev–Trinajstić information content (AvgIpc) is 3.23. The van der Waals surface area contributed by atoms with Crippen LogP contribution in [0.1, 0.15) is 45.6 Å². The fourth-order valence-electron chi connectivity index (χ4n) is 7.27. The van der Waals surface area contributed by atoms with Gasteiger partial charge in [0.1, 0.15) is 0 Å². The van der Waals surface area contributed by atoms with Gasteiger partial charge < -0.3 is 24.4 Å². The molecular formula is C32H49N7O6S. The Kier molecular flexibility index (Phi) is 10.6. The van der Waals surface area contributed by atoms with Crippen molar-refractivity contribution in [1.29, 1.82) is 0 Å². The summed E-state index contributed by atoms with van der Waals surface area (Å²) in [6.45, 7) is 8.64. The van der Waals surface area contributed by atoms with Gasteiger partial charge in [-0.3, -0.25) is 14.6 Å². The standard InChI is InChI=1S/C32H49N7O6S/c1-23(2)39-28-9-7-6-8-24(28)20-29(30(39)40)45-31(41)33-25-21-26-10-11-27(22-25)38(26)19-18-37(46(5,43)44)17-14-35-12-15-36(16-13-35)32(42)34(3)4/h6-9,20,23,25-27H,10-19,21-22H2,1-5H3,(H,33,41)/t25-,26-,27+. The van der Waals surface area contributed by atoms with E-state index in [1.807, 2.05) is 43.0 Å². The summed E-state index contributed by atoms with van der Waals surface area (Å²) in [4.78, 5) is 46.4. The normalized spacial score (nSPS) is 22.5. The molecule has 3 saturated heterocycles. The third kappa shape index (κ3) is 7.84. The van der Waals surface area contributed by atoms with Gasteiger partial charge in [-0.1, -0.05) is 18.2 Å². The number of benzene rings is 1. The van der Waals surface area contributed by atoms with Crippen molar-refractivity contribution in [2.75, 3.05) is 72.7 Å². The molecule has 3 fully saturated rings. The zero-order valence-corrected chi connectivity index (χ0v) is 28.5. The lowest BCUT2D eigenvalue weighted by Crippen LogP contribution is -2.54. The second-order valence-corrected chi connectivity index (χ2v) is 15.3. The Labute approximate surface area is 272 Å². The molecule has 1 aromatic carbocycles. The fraction of sp³-hybridized carbons (Fsp3) is 0.656. The number of urea groups is 1. The molecule has 3 aliphatic rings. The predicted octanol–water partition coefficient (Wildman–Crippen LogP) is 2.23. The third-order valence-corrected chi connectivity index (χ3v) is 10.9. The molecule has 0 aliphatic carbocycles. The molecule has 254 valence electrons. The number of piperazine rings is 1. The van der Waals surface area contributed by atoms with Gasteiger partial charge in [0, 0.05) is 96.0 Å². The number of pyridine rings is 1. The van der Waals surface area contributed by atoms with E-state index in [4.69, 9.17) is 4.74 Å². The topological polar surface area (TPSA) is 128 Å². The highest BCUT2D eigenvalue weighted by Crippen LogP contribution is 2.35. The molecule has 1 aromatic heterocycles. The highest BCUT2D eigenvalue weighted by molar-refractivity contribution is 7.88. The number of sulfonamides is 1.